The van der Waals surface area contributed by atoms with Gasteiger partial charge in [-0.05, 0) is 48.0 Å². The molecule has 4 rings (SSSR count). The Balaban J connectivity index is 1.62. The Morgan fingerprint density at radius 2 is 1.47 bits per heavy atom. The maximum absolute atomic E-state index is 13.1. The quantitative estimate of drug-likeness (QED) is 0.256. The minimum absolute atomic E-state index is 0.0744. The summed E-state index contributed by atoms with van der Waals surface area (Å²) in [6.07, 6.45) is 0. The molecular weight excluding hydrogens is 432 g/mol. The van der Waals surface area contributed by atoms with Gasteiger partial charge in [-0.15, -0.1) is 0 Å². The van der Waals surface area contributed by atoms with E-state index in [1.165, 1.54) is 12.1 Å². The summed E-state index contributed by atoms with van der Waals surface area (Å²) in [5, 5.41) is 24.9. The summed E-state index contributed by atoms with van der Waals surface area (Å²) < 4.78 is 5.91. The molecule has 4 N–H and O–H groups in total. The second-order valence-corrected chi connectivity index (χ2v) is 7.46. The monoisotopic (exact) mass is 454 g/mol. The topological polar surface area (TPSA) is 108 Å². The standard InChI is InChI=1S/C27H22N2O5/c30-20-11-14-24(23(15-20)27(32)33)29-26(31)22-13-12-21(34-17-18-7-3-1-4-8-18)16-25(22)28-19-9-5-2-6-10-19/h1-16,28,30H,17H2,(H,29,31)(H,32,33). The summed E-state index contributed by atoms with van der Waals surface area (Å²) in [5.41, 5.74) is 2.42. The number of ether oxygens (including phenoxy) is 1. The summed E-state index contributed by atoms with van der Waals surface area (Å²) in [7, 11) is 0. The molecule has 34 heavy (non-hydrogen) atoms. The highest BCUT2D eigenvalue weighted by molar-refractivity contribution is 6.11. The van der Waals surface area contributed by atoms with Gasteiger partial charge in [0.1, 0.15) is 18.1 Å². The van der Waals surface area contributed by atoms with Crippen LogP contribution < -0.4 is 15.4 Å². The number of amides is 1. The fourth-order valence-electron chi connectivity index (χ4n) is 3.34. The highest BCUT2D eigenvalue weighted by atomic mass is 16.5. The predicted octanol–water partition coefficient (Wildman–Crippen LogP) is 5.67. The largest absolute Gasteiger partial charge is 0.508 e. The molecule has 4 aromatic carbocycles. The molecule has 0 aliphatic carbocycles. The number of phenolic OH excluding ortho intramolecular Hbond substituents is 1. The molecule has 0 saturated carbocycles. The lowest BCUT2D eigenvalue weighted by atomic mass is 10.1. The summed E-state index contributed by atoms with van der Waals surface area (Å²) in [4.78, 5) is 24.7. The minimum atomic E-state index is -1.27. The van der Waals surface area contributed by atoms with Gasteiger partial charge in [0.15, 0.2) is 0 Å². The van der Waals surface area contributed by atoms with E-state index < -0.39 is 11.9 Å². The minimum Gasteiger partial charge on any atom is -0.508 e. The summed E-state index contributed by atoms with van der Waals surface area (Å²) in [6.45, 7) is 0.368. The molecule has 0 radical (unpaired) electrons. The maximum Gasteiger partial charge on any atom is 0.337 e. The highest BCUT2D eigenvalue weighted by Crippen LogP contribution is 2.29. The zero-order chi connectivity index (χ0) is 23.9. The van der Waals surface area contributed by atoms with Crippen LogP contribution in [0.25, 0.3) is 0 Å². The van der Waals surface area contributed by atoms with E-state index in [2.05, 4.69) is 10.6 Å². The number of anilines is 3. The zero-order valence-corrected chi connectivity index (χ0v) is 18.1. The SMILES string of the molecule is O=C(O)c1cc(O)ccc1NC(=O)c1ccc(OCc2ccccc2)cc1Nc1ccccc1. The van der Waals surface area contributed by atoms with Crippen LogP contribution in [0.1, 0.15) is 26.3 Å². The number of para-hydroxylation sites is 1. The van der Waals surface area contributed by atoms with Crippen molar-refractivity contribution in [3.63, 3.8) is 0 Å². The molecule has 0 atom stereocenters. The number of carbonyl (C=O) groups is 2. The van der Waals surface area contributed by atoms with Crippen LogP contribution in [0.2, 0.25) is 0 Å². The van der Waals surface area contributed by atoms with E-state index >= 15 is 0 Å². The molecule has 0 aromatic heterocycles. The van der Waals surface area contributed by atoms with Gasteiger partial charge < -0.3 is 25.6 Å². The molecule has 170 valence electrons. The van der Waals surface area contributed by atoms with Crippen LogP contribution in [0, 0.1) is 0 Å². The van der Waals surface area contributed by atoms with Crippen molar-refractivity contribution in [3.05, 3.63) is 114 Å². The maximum atomic E-state index is 13.1. The molecular formula is C27H22N2O5. The first-order valence-electron chi connectivity index (χ1n) is 10.5. The number of aromatic hydroxyl groups is 1. The van der Waals surface area contributed by atoms with E-state index in [1.54, 1.807) is 18.2 Å². The highest BCUT2D eigenvalue weighted by Gasteiger charge is 2.18. The second kappa shape index (κ2) is 10.2. The van der Waals surface area contributed by atoms with Crippen molar-refractivity contribution in [2.45, 2.75) is 6.61 Å². The molecule has 1 amide bonds. The number of hydrogen-bond acceptors (Lipinski definition) is 5. The Morgan fingerprint density at radius 3 is 2.18 bits per heavy atom. The van der Waals surface area contributed by atoms with E-state index in [4.69, 9.17) is 4.74 Å². The van der Waals surface area contributed by atoms with Crippen molar-refractivity contribution in [1.82, 2.24) is 0 Å². The lowest BCUT2D eigenvalue weighted by Gasteiger charge is -2.15. The molecule has 0 heterocycles. The van der Waals surface area contributed by atoms with Crippen molar-refractivity contribution < 1.29 is 24.5 Å². The van der Waals surface area contributed by atoms with Gasteiger partial charge in [-0.2, -0.15) is 0 Å². The van der Waals surface area contributed by atoms with Gasteiger partial charge in [-0.3, -0.25) is 4.79 Å². The molecule has 4 aromatic rings. The Hall–Kier alpha value is -4.78. The van der Waals surface area contributed by atoms with Gasteiger partial charge in [0.05, 0.1) is 22.5 Å². The average Bonchev–Trinajstić information content (AvgIpc) is 2.85. The number of carboxylic acids is 1. The smallest absolute Gasteiger partial charge is 0.337 e. The van der Waals surface area contributed by atoms with Crippen LogP contribution in [0.15, 0.2) is 97.1 Å². The number of benzene rings is 4. The van der Waals surface area contributed by atoms with Crippen LogP contribution >= 0.6 is 0 Å². The molecule has 0 aliphatic rings. The Morgan fingerprint density at radius 1 is 0.765 bits per heavy atom. The lowest BCUT2D eigenvalue weighted by molar-refractivity contribution is 0.0697. The third-order valence-corrected chi connectivity index (χ3v) is 5.02. The number of carbonyl (C=O) groups excluding carboxylic acids is 1. The van der Waals surface area contributed by atoms with Crippen molar-refractivity contribution >= 4 is 28.9 Å². The van der Waals surface area contributed by atoms with Crippen LogP contribution in [0.5, 0.6) is 11.5 Å². The number of carboxylic acid groups (broad SMARTS) is 1. The number of hydrogen-bond donors (Lipinski definition) is 4. The fraction of sp³-hybridized carbons (Fsp3) is 0.0370. The lowest BCUT2D eigenvalue weighted by Crippen LogP contribution is -2.16. The number of rotatable bonds is 8. The van der Waals surface area contributed by atoms with Gasteiger partial charge in [0.2, 0.25) is 0 Å². The summed E-state index contributed by atoms with van der Waals surface area (Å²) in [5.74, 6) is -1.42. The second-order valence-electron chi connectivity index (χ2n) is 7.46. The molecule has 0 saturated heterocycles. The number of phenols is 1. The van der Waals surface area contributed by atoms with Crippen molar-refractivity contribution in [1.29, 1.82) is 0 Å². The van der Waals surface area contributed by atoms with E-state index in [1.807, 2.05) is 60.7 Å². The first-order valence-corrected chi connectivity index (χ1v) is 10.5. The molecule has 7 nitrogen and oxygen atoms in total. The summed E-state index contributed by atoms with van der Waals surface area (Å²) >= 11 is 0. The molecule has 0 spiro atoms. The molecule has 0 unspecified atom stereocenters. The average molecular weight is 454 g/mol. The van der Waals surface area contributed by atoms with Crippen LogP contribution in [0.4, 0.5) is 17.1 Å². The Kier molecular flexibility index (Phi) is 6.74. The third-order valence-electron chi connectivity index (χ3n) is 5.02. The first-order chi connectivity index (χ1) is 16.5. The Labute approximate surface area is 196 Å². The van der Waals surface area contributed by atoms with E-state index in [0.717, 1.165) is 17.3 Å². The van der Waals surface area contributed by atoms with Crippen LogP contribution in [-0.2, 0) is 6.61 Å². The van der Waals surface area contributed by atoms with E-state index in [-0.39, 0.29) is 17.0 Å². The fourth-order valence-corrected chi connectivity index (χ4v) is 3.34. The van der Waals surface area contributed by atoms with Gasteiger partial charge >= 0.3 is 5.97 Å². The van der Waals surface area contributed by atoms with Crippen molar-refractivity contribution in [3.8, 4) is 11.5 Å². The van der Waals surface area contributed by atoms with Crippen LogP contribution in [-0.4, -0.2) is 22.1 Å². The van der Waals surface area contributed by atoms with Crippen molar-refractivity contribution in [2.24, 2.45) is 0 Å². The summed E-state index contributed by atoms with van der Waals surface area (Å²) in [6, 6.07) is 27.8. The van der Waals surface area contributed by atoms with Gasteiger partial charge in [-0.1, -0.05) is 48.5 Å². The predicted molar refractivity (Wildman–Crippen MR) is 130 cm³/mol. The molecule has 0 fully saturated rings. The number of nitrogens with one attached hydrogen (secondary N) is 2. The van der Waals surface area contributed by atoms with Gasteiger partial charge in [0.25, 0.3) is 5.91 Å². The third kappa shape index (κ3) is 5.52. The molecule has 0 aliphatic heterocycles. The normalized spacial score (nSPS) is 10.4. The number of aromatic carboxylic acids is 1. The van der Waals surface area contributed by atoms with Gasteiger partial charge in [0, 0.05) is 11.8 Å². The van der Waals surface area contributed by atoms with Crippen LogP contribution in [0.3, 0.4) is 0 Å². The first kappa shape index (κ1) is 22.4. The Bertz CT molecular complexity index is 1310. The zero-order valence-electron chi connectivity index (χ0n) is 18.1. The molecule has 0 bridgehead atoms. The van der Waals surface area contributed by atoms with Gasteiger partial charge in [-0.25, -0.2) is 4.79 Å². The van der Waals surface area contributed by atoms with Crippen molar-refractivity contribution in [2.75, 3.05) is 10.6 Å². The van der Waals surface area contributed by atoms with E-state index in [0.29, 0.717) is 23.6 Å². The molecule has 7 heteroatoms. The van der Waals surface area contributed by atoms with E-state index in [9.17, 15) is 19.8 Å².